The van der Waals surface area contributed by atoms with Crippen molar-refractivity contribution in [3.8, 4) is 0 Å². The third-order valence-corrected chi connectivity index (χ3v) is 2.92. The maximum atomic E-state index is 5.98. The van der Waals surface area contributed by atoms with Gasteiger partial charge in [0.05, 0.1) is 0 Å². The van der Waals surface area contributed by atoms with E-state index in [-0.39, 0.29) is 0 Å². The summed E-state index contributed by atoms with van der Waals surface area (Å²) in [6, 6.07) is 4.23. The van der Waals surface area contributed by atoms with Gasteiger partial charge in [-0.05, 0) is 36.8 Å². The summed E-state index contributed by atoms with van der Waals surface area (Å²) < 4.78 is 0. The van der Waals surface area contributed by atoms with Crippen LogP contribution < -0.4 is 5.73 Å². The van der Waals surface area contributed by atoms with Gasteiger partial charge < -0.3 is 5.73 Å². The monoisotopic (exact) mass is 181 g/mol. The van der Waals surface area contributed by atoms with Crippen molar-refractivity contribution in [2.45, 2.75) is 25.2 Å². The van der Waals surface area contributed by atoms with Gasteiger partial charge in [0.25, 0.3) is 0 Å². The molecule has 66 valence electrons. The van der Waals surface area contributed by atoms with E-state index in [1.807, 2.05) is 0 Å². The van der Waals surface area contributed by atoms with E-state index in [1.165, 1.54) is 16.0 Å². The molecule has 0 unspecified atom stereocenters. The molecule has 1 rings (SSSR count). The van der Waals surface area contributed by atoms with Crippen molar-refractivity contribution in [3.63, 3.8) is 0 Å². The maximum Gasteiger partial charge on any atom is 0.0487 e. The highest BCUT2D eigenvalue weighted by Crippen LogP contribution is 2.28. The van der Waals surface area contributed by atoms with E-state index in [0.717, 1.165) is 12.1 Å². The highest BCUT2D eigenvalue weighted by Gasteiger charge is 2.04. The molecular formula is C10H15NS. The van der Waals surface area contributed by atoms with Gasteiger partial charge in [0.15, 0.2) is 0 Å². The van der Waals surface area contributed by atoms with Gasteiger partial charge in [0.2, 0.25) is 0 Å². The molecule has 1 nitrogen and oxygen atoms in total. The summed E-state index contributed by atoms with van der Waals surface area (Å²) >= 11 is 1.71. The molecular weight excluding hydrogens is 166 g/mol. The first-order chi connectivity index (χ1) is 5.70. The number of anilines is 1. The number of rotatable bonds is 2. The van der Waals surface area contributed by atoms with Crippen LogP contribution in [0.25, 0.3) is 0 Å². The summed E-state index contributed by atoms with van der Waals surface area (Å²) in [5, 5.41) is 0. The van der Waals surface area contributed by atoms with Crippen molar-refractivity contribution in [3.05, 3.63) is 23.3 Å². The molecule has 0 amide bonds. The molecule has 0 bridgehead atoms. The molecule has 0 spiro atoms. The molecule has 1 aromatic carbocycles. The topological polar surface area (TPSA) is 26.0 Å². The average molecular weight is 181 g/mol. The fourth-order valence-corrected chi connectivity index (χ4v) is 1.95. The Bertz CT molecular complexity index is 281. The van der Waals surface area contributed by atoms with Crippen LogP contribution in [0, 0.1) is 6.92 Å². The van der Waals surface area contributed by atoms with Gasteiger partial charge in [-0.2, -0.15) is 0 Å². The highest BCUT2D eigenvalue weighted by molar-refractivity contribution is 7.98. The molecule has 0 aliphatic rings. The summed E-state index contributed by atoms with van der Waals surface area (Å²) in [5.41, 5.74) is 9.54. The van der Waals surface area contributed by atoms with E-state index in [4.69, 9.17) is 5.73 Å². The van der Waals surface area contributed by atoms with Crippen LogP contribution in [0.3, 0.4) is 0 Å². The van der Waals surface area contributed by atoms with E-state index >= 15 is 0 Å². The van der Waals surface area contributed by atoms with Gasteiger partial charge in [-0.1, -0.05) is 13.0 Å². The van der Waals surface area contributed by atoms with Gasteiger partial charge in [0.1, 0.15) is 0 Å². The van der Waals surface area contributed by atoms with Gasteiger partial charge in [-0.15, -0.1) is 11.8 Å². The highest BCUT2D eigenvalue weighted by atomic mass is 32.2. The second-order valence-corrected chi connectivity index (χ2v) is 3.68. The minimum atomic E-state index is 0.963. The van der Waals surface area contributed by atoms with Crippen molar-refractivity contribution in [1.82, 2.24) is 0 Å². The van der Waals surface area contributed by atoms with Crippen LogP contribution in [-0.4, -0.2) is 6.26 Å². The molecule has 0 aliphatic heterocycles. The first kappa shape index (κ1) is 9.46. The first-order valence-electron chi connectivity index (χ1n) is 4.12. The second kappa shape index (κ2) is 3.85. The van der Waals surface area contributed by atoms with Crippen LogP contribution in [0.2, 0.25) is 0 Å². The van der Waals surface area contributed by atoms with Crippen LogP contribution in [0.5, 0.6) is 0 Å². The largest absolute Gasteiger partial charge is 0.398 e. The second-order valence-electron chi connectivity index (χ2n) is 2.83. The Hall–Kier alpha value is -0.630. The van der Waals surface area contributed by atoms with Gasteiger partial charge in [-0.3, -0.25) is 0 Å². The zero-order valence-corrected chi connectivity index (χ0v) is 8.66. The minimum absolute atomic E-state index is 0.963. The number of hydrogen-bond donors (Lipinski definition) is 1. The maximum absolute atomic E-state index is 5.98. The Morgan fingerprint density at radius 2 is 2.08 bits per heavy atom. The summed E-state index contributed by atoms with van der Waals surface area (Å²) in [6.45, 7) is 4.25. The summed E-state index contributed by atoms with van der Waals surface area (Å²) in [7, 11) is 0. The lowest BCUT2D eigenvalue weighted by atomic mass is 10.0. The number of nitrogens with two attached hydrogens (primary N) is 1. The van der Waals surface area contributed by atoms with Crippen LogP contribution in [0.15, 0.2) is 17.0 Å². The van der Waals surface area contributed by atoms with Crippen LogP contribution in [0.4, 0.5) is 5.69 Å². The predicted octanol–water partition coefficient (Wildman–Crippen LogP) is 2.86. The standard InChI is InChI=1S/C10H15NS/c1-4-8-7(2)5-6-9(12-3)10(8)11/h5-6H,4,11H2,1-3H3. The lowest BCUT2D eigenvalue weighted by molar-refractivity contribution is 1.10. The first-order valence-corrected chi connectivity index (χ1v) is 5.35. The molecule has 0 saturated heterocycles. The molecule has 2 N–H and O–H groups in total. The third-order valence-electron chi connectivity index (χ3n) is 2.12. The molecule has 0 radical (unpaired) electrons. The number of aryl methyl sites for hydroxylation is 1. The number of nitrogen functional groups attached to an aromatic ring is 1. The molecule has 1 aromatic rings. The third kappa shape index (κ3) is 1.58. The normalized spacial score (nSPS) is 10.2. The van der Waals surface area contributed by atoms with Gasteiger partial charge in [0, 0.05) is 10.6 Å². The van der Waals surface area contributed by atoms with Gasteiger partial charge in [-0.25, -0.2) is 0 Å². The zero-order chi connectivity index (χ0) is 9.14. The summed E-state index contributed by atoms with van der Waals surface area (Å²) in [4.78, 5) is 1.19. The number of thioether (sulfide) groups is 1. The van der Waals surface area contributed by atoms with E-state index < -0.39 is 0 Å². The fourth-order valence-electron chi connectivity index (χ4n) is 1.40. The molecule has 0 fully saturated rings. The summed E-state index contributed by atoms with van der Waals surface area (Å²) in [5.74, 6) is 0. The van der Waals surface area contributed by atoms with E-state index in [9.17, 15) is 0 Å². The van der Waals surface area contributed by atoms with Crippen molar-refractivity contribution < 1.29 is 0 Å². The Balaban J connectivity index is 3.24. The Kier molecular flexibility index (Phi) is 3.04. The van der Waals surface area contributed by atoms with Gasteiger partial charge >= 0.3 is 0 Å². The summed E-state index contributed by atoms with van der Waals surface area (Å²) in [6.07, 6.45) is 3.08. The SMILES string of the molecule is CCc1c(C)ccc(SC)c1N. The molecule has 12 heavy (non-hydrogen) atoms. The Morgan fingerprint density at radius 1 is 1.42 bits per heavy atom. The van der Waals surface area contributed by atoms with Crippen LogP contribution >= 0.6 is 11.8 Å². The predicted molar refractivity (Wildman–Crippen MR) is 56.8 cm³/mol. The fraction of sp³-hybridized carbons (Fsp3) is 0.400. The quantitative estimate of drug-likeness (QED) is 0.561. The zero-order valence-electron chi connectivity index (χ0n) is 7.85. The molecule has 0 saturated carbocycles. The van der Waals surface area contributed by atoms with Crippen molar-refractivity contribution in [1.29, 1.82) is 0 Å². The molecule has 2 heteroatoms. The van der Waals surface area contributed by atoms with Crippen molar-refractivity contribution in [2.24, 2.45) is 0 Å². The Labute approximate surface area is 78.4 Å². The van der Waals surface area contributed by atoms with Crippen molar-refractivity contribution >= 4 is 17.4 Å². The molecule has 0 atom stereocenters. The van der Waals surface area contributed by atoms with Crippen LogP contribution in [0.1, 0.15) is 18.1 Å². The smallest absolute Gasteiger partial charge is 0.0487 e. The molecule has 0 aromatic heterocycles. The number of hydrogen-bond acceptors (Lipinski definition) is 2. The lowest BCUT2D eigenvalue weighted by Gasteiger charge is -2.10. The van der Waals surface area contributed by atoms with E-state index in [1.54, 1.807) is 11.8 Å². The number of benzene rings is 1. The Morgan fingerprint density at radius 3 is 2.58 bits per heavy atom. The van der Waals surface area contributed by atoms with Crippen LogP contribution in [-0.2, 0) is 6.42 Å². The van der Waals surface area contributed by atoms with E-state index in [2.05, 4.69) is 32.2 Å². The van der Waals surface area contributed by atoms with E-state index in [0.29, 0.717) is 0 Å². The lowest BCUT2D eigenvalue weighted by Crippen LogP contribution is -1.97. The minimum Gasteiger partial charge on any atom is -0.398 e. The molecule has 0 aliphatic carbocycles. The molecule has 0 heterocycles. The average Bonchev–Trinajstić information content (AvgIpc) is 2.06. The van der Waals surface area contributed by atoms with Crippen molar-refractivity contribution in [2.75, 3.05) is 12.0 Å².